The maximum absolute atomic E-state index is 13.0. The lowest BCUT2D eigenvalue weighted by atomic mass is 10.0. The number of carbonyl (C=O) groups is 3. The Hall–Kier alpha value is -4.00. The van der Waals surface area contributed by atoms with E-state index in [4.69, 9.17) is 0 Å². The lowest BCUT2D eigenvalue weighted by Crippen LogP contribution is -2.45. The topological polar surface area (TPSA) is 86.7 Å². The van der Waals surface area contributed by atoms with Gasteiger partial charge in [-0.1, -0.05) is 38.1 Å². The molecule has 0 heterocycles. The van der Waals surface area contributed by atoms with Gasteiger partial charge < -0.3 is 15.3 Å². The maximum atomic E-state index is 13.0. The number of likely N-dealkylation sites (N-methyl/N-ethyl adjacent to an activating group) is 1. The summed E-state index contributed by atoms with van der Waals surface area (Å²) in [5.41, 5.74) is 3.09. The minimum Gasteiger partial charge on any atom is -0.480 e. The average Bonchev–Trinajstić information content (AvgIpc) is 2.79. The monoisotopic (exact) mass is 448 g/mol. The van der Waals surface area contributed by atoms with Crippen LogP contribution in [0.25, 0.3) is 11.1 Å². The molecule has 33 heavy (non-hydrogen) atoms. The van der Waals surface area contributed by atoms with Crippen LogP contribution in [0.5, 0.6) is 0 Å². The first kappa shape index (κ1) is 23.7. The molecule has 3 rings (SSSR count). The van der Waals surface area contributed by atoms with Gasteiger partial charge in [0.25, 0.3) is 11.8 Å². The molecule has 0 aromatic heterocycles. The van der Waals surface area contributed by atoms with Gasteiger partial charge in [0.05, 0.1) is 0 Å². The van der Waals surface area contributed by atoms with E-state index in [9.17, 15) is 23.9 Å². The Morgan fingerprint density at radius 2 is 1.30 bits per heavy atom. The quantitative estimate of drug-likeness (QED) is 0.537. The molecule has 3 aromatic carbocycles. The van der Waals surface area contributed by atoms with E-state index in [1.54, 1.807) is 50.2 Å². The van der Waals surface area contributed by atoms with Crippen molar-refractivity contribution in [3.63, 3.8) is 0 Å². The van der Waals surface area contributed by atoms with E-state index in [2.05, 4.69) is 5.32 Å². The van der Waals surface area contributed by atoms with Gasteiger partial charge in [0, 0.05) is 23.9 Å². The van der Waals surface area contributed by atoms with Crippen LogP contribution in [-0.4, -0.2) is 40.9 Å². The number of hydrogen-bond acceptors (Lipinski definition) is 3. The zero-order valence-corrected chi connectivity index (χ0v) is 18.6. The molecular weight excluding hydrogens is 423 g/mol. The lowest BCUT2D eigenvalue weighted by Gasteiger charge is -2.27. The second-order valence-electron chi connectivity index (χ2n) is 8.06. The average molecular weight is 448 g/mol. The van der Waals surface area contributed by atoms with Crippen molar-refractivity contribution in [2.45, 2.75) is 19.9 Å². The number of nitrogens with zero attached hydrogens (tertiary/aromatic N) is 1. The number of halogens is 1. The summed E-state index contributed by atoms with van der Waals surface area (Å²) in [6.45, 7) is 3.52. The molecule has 0 radical (unpaired) electrons. The van der Waals surface area contributed by atoms with E-state index in [0.29, 0.717) is 16.8 Å². The highest BCUT2D eigenvalue weighted by atomic mass is 19.1. The highest BCUT2D eigenvalue weighted by Crippen LogP contribution is 2.23. The third kappa shape index (κ3) is 5.63. The summed E-state index contributed by atoms with van der Waals surface area (Å²) >= 11 is 0. The number of carbonyl (C=O) groups excluding carboxylic acids is 2. The molecule has 2 N–H and O–H groups in total. The SMILES string of the molecule is CC(C)[C@@H](C(=O)O)N(C)C(=O)c1ccc(-c2ccc(NC(=O)c3ccc(F)cc3)cc2)cc1. The molecule has 170 valence electrons. The number of hydrogen-bond donors (Lipinski definition) is 2. The number of nitrogens with one attached hydrogen (secondary N) is 1. The zero-order valence-electron chi connectivity index (χ0n) is 18.6. The maximum Gasteiger partial charge on any atom is 0.326 e. The number of benzene rings is 3. The summed E-state index contributed by atoms with van der Waals surface area (Å²) in [6.07, 6.45) is 0. The van der Waals surface area contributed by atoms with Gasteiger partial charge in [0.1, 0.15) is 11.9 Å². The van der Waals surface area contributed by atoms with Crippen LogP contribution >= 0.6 is 0 Å². The van der Waals surface area contributed by atoms with Crippen molar-refractivity contribution in [2.24, 2.45) is 5.92 Å². The number of rotatable bonds is 7. The molecule has 6 nitrogen and oxygen atoms in total. The molecule has 0 aliphatic carbocycles. The summed E-state index contributed by atoms with van der Waals surface area (Å²) in [4.78, 5) is 37.8. The van der Waals surface area contributed by atoms with Gasteiger partial charge in [-0.05, 0) is 65.6 Å². The smallest absolute Gasteiger partial charge is 0.326 e. The summed E-state index contributed by atoms with van der Waals surface area (Å²) < 4.78 is 13.0. The number of anilines is 1. The Labute approximate surface area is 191 Å². The van der Waals surface area contributed by atoms with Crippen LogP contribution in [-0.2, 0) is 4.79 Å². The standard InChI is InChI=1S/C26H25FN2O4/c1-16(2)23(26(32)33)29(3)25(31)20-6-4-17(5-7-20)18-10-14-22(15-11-18)28-24(30)19-8-12-21(27)13-9-19/h4-16,23H,1-3H3,(H,28,30)(H,32,33)/t23-/m0/s1. The van der Waals surface area contributed by atoms with Gasteiger partial charge in [-0.15, -0.1) is 0 Å². The Morgan fingerprint density at radius 1 is 0.818 bits per heavy atom. The van der Waals surface area contributed by atoms with Crippen molar-refractivity contribution in [1.29, 1.82) is 0 Å². The van der Waals surface area contributed by atoms with Crippen molar-refractivity contribution in [3.05, 3.63) is 89.7 Å². The van der Waals surface area contributed by atoms with Crippen LogP contribution in [0.3, 0.4) is 0 Å². The van der Waals surface area contributed by atoms with Gasteiger partial charge in [0.2, 0.25) is 0 Å². The number of aliphatic carboxylic acids is 1. The summed E-state index contributed by atoms with van der Waals surface area (Å²) in [5.74, 6) is -2.36. The predicted molar refractivity (Wildman–Crippen MR) is 125 cm³/mol. The Bertz CT molecular complexity index is 1140. The minimum absolute atomic E-state index is 0.224. The fourth-order valence-corrected chi connectivity index (χ4v) is 3.58. The van der Waals surface area contributed by atoms with E-state index in [1.165, 1.54) is 36.2 Å². The molecule has 0 aliphatic rings. The van der Waals surface area contributed by atoms with Crippen molar-refractivity contribution in [3.8, 4) is 11.1 Å². The van der Waals surface area contributed by atoms with Gasteiger partial charge in [-0.2, -0.15) is 0 Å². The number of amides is 2. The molecule has 0 fully saturated rings. The van der Waals surface area contributed by atoms with Crippen LogP contribution in [0, 0.1) is 11.7 Å². The first-order valence-corrected chi connectivity index (χ1v) is 10.4. The molecule has 2 amide bonds. The van der Waals surface area contributed by atoms with Crippen LogP contribution in [0.15, 0.2) is 72.8 Å². The van der Waals surface area contributed by atoms with E-state index in [0.717, 1.165) is 11.1 Å². The molecule has 0 bridgehead atoms. The van der Waals surface area contributed by atoms with Crippen LogP contribution in [0.2, 0.25) is 0 Å². The molecule has 1 atom stereocenters. The summed E-state index contributed by atoms with van der Waals surface area (Å²) in [5, 5.41) is 12.2. The van der Waals surface area contributed by atoms with Gasteiger partial charge in [0.15, 0.2) is 0 Å². The lowest BCUT2D eigenvalue weighted by molar-refractivity contribution is -0.143. The Kier molecular flexibility index (Phi) is 7.23. The van der Waals surface area contributed by atoms with E-state index < -0.39 is 17.8 Å². The fraction of sp³-hybridized carbons (Fsp3) is 0.192. The van der Waals surface area contributed by atoms with Crippen LogP contribution < -0.4 is 5.32 Å². The third-order valence-electron chi connectivity index (χ3n) is 5.34. The third-order valence-corrected chi connectivity index (χ3v) is 5.34. The first-order chi connectivity index (χ1) is 15.7. The van der Waals surface area contributed by atoms with Gasteiger partial charge in [-0.3, -0.25) is 9.59 Å². The van der Waals surface area contributed by atoms with Crippen molar-refractivity contribution < 1.29 is 23.9 Å². The molecule has 7 heteroatoms. The van der Waals surface area contributed by atoms with E-state index in [-0.39, 0.29) is 17.7 Å². The molecule has 0 aliphatic heterocycles. The minimum atomic E-state index is -1.04. The molecule has 0 unspecified atom stereocenters. The Morgan fingerprint density at radius 3 is 1.79 bits per heavy atom. The van der Waals surface area contributed by atoms with E-state index in [1.807, 2.05) is 12.1 Å². The zero-order chi connectivity index (χ0) is 24.1. The highest BCUT2D eigenvalue weighted by Gasteiger charge is 2.30. The Balaban J connectivity index is 1.69. The van der Waals surface area contributed by atoms with Crippen molar-refractivity contribution in [1.82, 2.24) is 4.90 Å². The van der Waals surface area contributed by atoms with Crippen LogP contribution in [0.4, 0.5) is 10.1 Å². The van der Waals surface area contributed by atoms with Crippen LogP contribution in [0.1, 0.15) is 34.6 Å². The predicted octanol–water partition coefficient (Wildman–Crippen LogP) is 4.93. The molecule has 0 saturated heterocycles. The highest BCUT2D eigenvalue weighted by molar-refractivity contribution is 6.04. The molecular formula is C26H25FN2O4. The fourth-order valence-electron chi connectivity index (χ4n) is 3.58. The molecule has 3 aromatic rings. The number of carboxylic acid groups (broad SMARTS) is 1. The van der Waals surface area contributed by atoms with Crippen molar-refractivity contribution in [2.75, 3.05) is 12.4 Å². The van der Waals surface area contributed by atoms with Gasteiger partial charge in [-0.25, -0.2) is 9.18 Å². The van der Waals surface area contributed by atoms with E-state index >= 15 is 0 Å². The molecule has 0 spiro atoms. The van der Waals surface area contributed by atoms with Crippen molar-refractivity contribution >= 4 is 23.5 Å². The molecule has 0 saturated carbocycles. The number of carboxylic acids is 1. The second-order valence-corrected chi connectivity index (χ2v) is 8.06. The largest absolute Gasteiger partial charge is 0.480 e. The first-order valence-electron chi connectivity index (χ1n) is 10.4. The normalized spacial score (nSPS) is 11.7. The summed E-state index contributed by atoms with van der Waals surface area (Å²) in [7, 11) is 1.49. The second kappa shape index (κ2) is 10.1. The van der Waals surface area contributed by atoms with Gasteiger partial charge >= 0.3 is 5.97 Å². The summed E-state index contributed by atoms with van der Waals surface area (Å²) in [6, 6.07) is 18.5.